The number of carbonyl (C=O) groups is 1. The summed E-state index contributed by atoms with van der Waals surface area (Å²) in [7, 11) is -3.61. The zero-order valence-corrected chi connectivity index (χ0v) is 18.8. The van der Waals surface area contributed by atoms with Crippen LogP contribution in [0.2, 0.25) is 0 Å². The Morgan fingerprint density at radius 2 is 1.80 bits per heavy atom. The summed E-state index contributed by atoms with van der Waals surface area (Å²) in [6, 6.07) is 5.75. The second-order valence-electron chi connectivity index (χ2n) is 8.04. The number of rotatable bonds is 4. The minimum Gasteiger partial charge on any atom is -0.371 e. The third-order valence-corrected chi connectivity index (χ3v) is 7.89. The van der Waals surface area contributed by atoms with Crippen LogP contribution in [0.15, 0.2) is 29.2 Å². The number of amidine groups is 1. The molecule has 2 aliphatic heterocycles. The van der Waals surface area contributed by atoms with Gasteiger partial charge in [-0.1, -0.05) is 13.8 Å². The van der Waals surface area contributed by atoms with Gasteiger partial charge in [-0.3, -0.25) is 15.6 Å². The summed E-state index contributed by atoms with van der Waals surface area (Å²) >= 11 is 0.854. The summed E-state index contributed by atoms with van der Waals surface area (Å²) in [6.07, 6.45) is 2.34. The van der Waals surface area contributed by atoms with Gasteiger partial charge in [0.05, 0.1) is 4.90 Å². The molecule has 1 aromatic carbocycles. The topological polar surface area (TPSA) is 123 Å². The van der Waals surface area contributed by atoms with Crippen molar-refractivity contribution in [3.63, 3.8) is 0 Å². The second-order valence-corrected chi connectivity index (χ2v) is 11.0. The fourth-order valence-corrected chi connectivity index (χ4v) is 6.25. The van der Waals surface area contributed by atoms with Gasteiger partial charge in [0.15, 0.2) is 5.17 Å². The number of thioether (sulfide) groups is 1. The van der Waals surface area contributed by atoms with Crippen LogP contribution >= 0.6 is 11.8 Å². The SMILES string of the molecule is CC1CC(C)CN(S(=O)(=O)c2ccc(C(=O)NC(=N)SC(=N)C3CCCO3)cc2)C1. The van der Waals surface area contributed by atoms with Crippen LogP contribution in [0.5, 0.6) is 0 Å². The molecule has 3 rings (SSSR count). The molecule has 3 unspecified atom stereocenters. The number of piperidine rings is 1. The number of hydrogen-bond donors (Lipinski definition) is 3. The van der Waals surface area contributed by atoms with Crippen LogP contribution < -0.4 is 5.32 Å². The van der Waals surface area contributed by atoms with Gasteiger partial charge in [-0.15, -0.1) is 0 Å². The average Bonchev–Trinajstić information content (AvgIpc) is 3.22. The Balaban J connectivity index is 1.61. The molecule has 3 N–H and O–H groups in total. The molecular formula is C20H28N4O4S2. The van der Waals surface area contributed by atoms with E-state index >= 15 is 0 Å². The summed E-state index contributed by atoms with van der Waals surface area (Å²) in [4.78, 5) is 12.5. The van der Waals surface area contributed by atoms with E-state index in [-0.39, 0.29) is 26.8 Å². The highest BCUT2D eigenvalue weighted by Crippen LogP contribution is 2.27. The molecule has 164 valence electrons. The Labute approximate surface area is 181 Å². The number of nitrogens with one attached hydrogen (secondary N) is 3. The Kier molecular flexibility index (Phi) is 7.33. The minimum atomic E-state index is -3.61. The van der Waals surface area contributed by atoms with Gasteiger partial charge >= 0.3 is 0 Å². The van der Waals surface area contributed by atoms with Crippen molar-refractivity contribution in [2.24, 2.45) is 11.8 Å². The lowest BCUT2D eigenvalue weighted by atomic mass is 9.94. The molecule has 0 bridgehead atoms. The molecule has 10 heteroatoms. The molecule has 30 heavy (non-hydrogen) atoms. The Hall–Kier alpha value is -1.75. The van der Waals surface area contributed by atoms with Crippen LogP contribution in [0, 0.1) is 22.7 Å². The molecule has 0 spiro atoms. The second kappa shape index (κ2) is 9.59. The number of nitrogens with zero attached hydrogens (tertiary/aromatic N) is 1. The van der Waals surface area contributed by atoms with Crippen LogP contribution in [-0.4, -0.2) is 54.6 Å². The van der Waals surface area contributed by atoms with Crippen molar-refractivity contribution in [1.29, 1.82) is 10.8 Å². The first kappa shape index (κ1) is 22.9. The Morgan fingerprint density at radius 1 is 1.17 bits per heavy atom. The van der Waals surface area contributed by atoms with Gasteiger partial charge in [0.1, 0.15) is 11.1 Å². The number of sulfonamides is 1. The van der Waals surface area contributed by atoms with Crippen LogP contribution in [0.25, 0.3) is 0 Å². The van der Waals surface area contributed by atoms with Crippen molar-refractivity contribution in [3.05, 3.63) is 29.8 Å². The van der Waals surface area contributed by atoms with Crippen LogP contribution in [0.3, 0.4) is 0 Å². The van der Waals surface area contributed by atoms with Crippen molar-refractivity contribution in [1.82, 2.24) is 9.62 Å². The van der Waals surface area contributed by atoms with Crippen molar-refractivity contribution in [3.8, 4) is 0 Å². The molecule has 0 aromatic heterocycles. The third kappa shape index (κ3) is 5.48. The average molecular weight is 453 g/mol. The van der Waals surface area contributed by atoms with Crippen molar-refractivity contribution in [2.45, 2.75) is 44.1 Å². The van der Waals surface area contributed by atoms with Crippen LogP contribution in [-0.2, 0) is 14.8 Å². The maximum absolute atomic E-state index is 12.9. The predicted octanol–water partition coefficient (Wildman–Crippen LogP) is 2.91. The molecule has 2 fully saturated rings. The lowest BCUT2D eigenvalue weighted by Crippen LogP contribution is -2.42. The smallest absolute Gasteiger partial charge is 0.257 e. The molecule has 2 aliphatic rings. The molecule has 8 nitrogen and oxygen atoms in total. The highest BCUT2D eigenvalue weighted by molar-refractivity contribution is 8.26. The molecule has 0 saturated carbocycles. The van der Waals surface area contributed by atoms with E-state index in [0.29, 0.717) is 31.5 Å². The highest BCUT2D eigenvalue weighted by atomic mass is 32.2. The first-order chi connectivity index (χ1) is 14.2. The maximum Gasteiger partial charge on any atom is 0.257 e. The van der Waals surface area contributed by atoms with Crippen molar-refractivity contribution >= 4 is 37.9 Å². The summed E-state index contributed by atoms with van der Waals surface area (Å²) in [5, 5.41) is 18.3. The van der Waals surface area contributed by atoms with E-state index in [0.717, 1.165) is 31.0 Å². The minimum absolute atomic E-state index is 0.157. The van der Waals surface area contributed by atoms with E-state index < -0.39 is 15.9 Å². The van der Waals surface area contributed by atoms with Gasteiger partial charge in [0.2, 0.25) is 10.0 Å². The number of carbonyl (C=O) groups excluding carboxylic acids is 1. The molecule has 1 amide bonds. The molecule has 2 heterocycles. The molecule has 1 aromatic rings. The van der Waals surface area contributed by atoms with E-state index in [2.05, 4.69) is 19.2 Å². The van der Waals surface area contributed by atoms with Crippen molar-refractivity contribution in [2.75, 3.05) is 19.7 Å². The van der Waals surface area contributed by atoms with E-state index in [1.807, 2.05) is 0 Å². The molecular weight excluding hydrogens is 424 g/mol. The normalized spacial score (nSPS) is 25.1. The third-order valence-electron chi connectivity index (χ3n) is 5.25. The van der Waals surface area contributed by atoms with E-state index in [9.17, 15) is 13.2 Å². The summed E-state index contributed by atoms with van der Waals surface area (Å²) in [6.45, 7) is 5.71. The number of benzene rings is 1. The fraction of sp³-hybridized carbons (Fsp3) is 0.550. The summed E-state index contributed by atoms with van der Waals surface area (Å²) < 4.78 is 32.8. The quantitative estimate of drug-likeness (QED) is 0.479. The van der Waals surface area contributed by atoms with E-state index in [4.69, 9.17) is 15.6 Å². The van der Waals surface area contributed by atoms with Gasteiger partial charge < -0.3 is 10.1 Å². The van der Waals surface area contributed by atoms with Crippen molar-refractivity contribution < 1.29 is 17.9 Å². The Morgan fingerprint density at radius 3 is 2.37 bits per heavy atom. The summed E-state index contributed by atoms with van der Waals surface area (Å²) in [5.41, 5.74) is 0.253. The molecule has 2 saturated heterocycles. The Bertz CT molecular complexity index is 901. The van der Waals surface area contributed by atoms with Gasteiger partial charge in [-0.2, -0.15) is 4.31 Å². The predicted molar refractivity (Wildman–Crippen MR) is 118 cm³/mol. The lowest BCUT2D eigenvalue weighted by Gasteiger charge is -2.34. The fourth-order valence-electron chi connectivity index (χ4n) is 3.89. The van der Waals surface area contributed by atoms with E-state index in [1.54, 1.807) is 0 Å². The first-order valence-corrected chi connectivity index (χ1v) is 12.3. The summed E-state index contributed by atoms with van der Waals surface area (Å²) in [5.74, 6) is 0.104. The highest BCUT2D eigenvalue weighted by Gasteiger charge is 2.31. The maximum atomic E-state index is 12.9. The standard InChI is InChI=1S/C20H28N4O4S2/c1-13-10-14(2)12-24(11-13)30(26,27)16-7-5-15(6-8-16)19(25)23-20(22)29-18(21)17-4-3-9-28-17/h5-8,13-14,17,21H,3-4,9-12H2,1-2H3,(H2,22,23,25). The monoisotopic (exact) mass is 452 g/mol. The zero-order valence-electron chi connectivity index (χ0n) is 17.2. The number of amides is 1. The number of ether oxygens (including phenoxy) is 1. The van der Waals surface area contributed by atoms with Gasteiger partial charge in [-0.05, 0) is 67.1 Å². The number of hydrogen-bond acceptors (Lipinski definition) is 7. The zero-order chi connectivity index (χ0) is 21.9. The largest absolute Gasteiger partial charge is 0.371 e. The lowest BCUT2D eigenvalue weighted by molar-refractivity contribution is 0.0977. The van der Waals surface area contributed by atoms with Crippen LogP contribution in [0.4, 0.5) is 0 Å². The molecule has 0 aliphatic carbocycles. The van der Waals surface area contributed by atoms with Gasteiger partial charge in [-0.25, -0.2) is 8.42 Å². The van der Waals surface area contributed by atoms with Gasteiger partial charge in [0.25, 0.3) is 5.91 Å². The van der Waals surface area contributed by atoms with Gasteiger partial charge in [0, 0.05) is 25.3 Å². The van der Waals surface area contributed by atoms with E-state index in [1.165, 1.54) is 28.6 Å². The first-order valence-electron chi connectivity index (χ1n) is 10.0. The molecule has 0 radical (unpaired) electrons. The van der Waals surface area contributed by atoms with Crippen LogP contribution in [0.1, 0.15) is 43.5 Å². The molecule has 3 atom stereocenters.